The number of hydrogen-bond acceptors (Lipinski definition) is 5. The summed E-state index contributed by atoms with van der Waals surface area (Å²) in [6.07, 6.45) is 0. The van der Waals surface area contributed by atoms with E-state index in [9.17, 15) is 8.42 Å². The van der Waals surface area contributed by atoms with Crippen LogP contribution in [-0.2, 0) is 19.1 Å². The summed E-state index contributed by atoms with van der Waals surface area (Å²) in [6.45, 7) is 0. The maximum atomic E-state index is 12.1. The zero-order chi connectivity index (χ0) is 15.6. The van der Waals surface area contributed by atoms with E-state index in [-0.39, 0.29) is 4.90 Å². The molecule has 0 saturated heterocycles. The average Bonchev–Trinajstić information content (AvgIpc) is 2.26. The van der Waals surface area contributed by atoms with Crippen molar-refractivity contribution >= 4 is 117 Å². The van der Waals surface area contributed by atoms with Gasteiger partial charge in [-0.2, -0.15) is 9.22 Å². The van der Waals surface area contributed by atoms with Crippen molar-refractivity contribution in [2.75, 3.05) is 0 Å². The first-order valence-electron chi connectivity index (χ1n) is 4.44. The van der Waals surface area contributed by atoms with E-state index in [2.05, 4.69) is 95.6 Å². The molecule has 0 N–H and O–H groups in total. The highest BCUT2D eigenvalue weighted by Gasteiger charge is 2.37. The Morgan fingerprint density at radius 2 is 1.45 bits per heavy atom. The summed E-state index contributed by atoms with van der Waals surface area (Å²) < 4.78 is 26.7. The zero-order valence-electron chi connectivity index (χ0n) is 9.03. The fourth-order valence-electron chi connectivity index (χ4n) is 0.903. The molecule has 4 nitrogen and oxygen atoms in total. The molecular weight excluding hydrogens is 704 g/mol. The van der Waals surface area contributed by atoms with Crippen LogP contribution < -0.4 is 0 Å². The molecule has 114 valence electrons. The molecule has 0 aliphatic carbocycles. The summed E-state index contributed by atoms with van der Waals surface area (Å²) in [4.78, 5) is 5.67. The van der Waals surface area contributed by atoms with Crippen LogP contribution in [0.15, 0.2) is 34.1 Å². The average molecular weight is 708 g/mol. The number of hydrogen-bond donors (Lipinski definition) is 0. The van der Waals surface area contributed by atoms with E-state index in [0.29, 0.717) is 4.90 Å². The van der Waals surface area contributed by atoms with Crippen LogP contribution in [0.5, 0.6) is 0 Å². The molecule has 1 aromatic carbocycles. The Morgan fingerprint density at radius 3 is 1.85 bits per heavy atom. The van der Waals surface area contributed by atoms with Crippen LogP contribution in [-0.4, -0.2) is 12.2 Å². The van der Waals surface area contributed by atoms with Gasteiger partial charge in [-0.1, -0.05) is 0 Å². The smallest absolute Gasteiger partial charge is 0.220 e. The second kappa shape index (κ2) is 7.93. The molecule has 0 atom stereocenters. The third-order valence-electron chi connectivity index (χ3n) is 1.70. The highest BCUT2D eigenvalue weighted by Crippen LogP contribution is 2.43. The van der Waals surface area contributed by atoms with E-state index in [0.717, 1.165) is 12.0 Å². The monoisotopic (exact) mass is 701 g/mol. The second-order valence-electron chi connectivity index (χ2n) is 3.10. The summed E-state index contributed by atoms with van der Waals surface area (Å²) in [5.74, 6) is 0. The van der Waals surface area contributed by atoms with Gasteiger partial charge in [0.25, 0.3) is 2.33 Å². The lowest BCUT2D eigenvalue weighted by atomic mass is 10.4. The number of sulfone groups is 1. The number of rotatable bonds is 4. The fraction of sp³-hybridized carbons (Fsp3) is 0.250. The summed E-state index contributed by atoms with van der Waals surface area (Å²) in [7, 11) is -3.59. The molecule has 0 aliphatic rings. The number of alkyl halides is 6. The van der Waals surface area contributed by atoms with Crippen LogP contribution in [0.4, 0.5) is 0 Å². The quantitative estimate of drug-likeness (QED) is 0.166. The Labute approximate surface area is 170 Å². The lowest BCUT2D eigenvalue weighted by molar-refractivity contribution is -0.184. The maximum absolute atomic E-state index is 12.1. The van der Waals surface area contributed by atoms with Crippen molar-refractivity contribution in [3.63, 3.8) is 0 Å². The van der Waals surface area contributed by atoms with Crippen molar-refractivity contribution in [2.24, 2.45) is 0 Å². The molecule has 0 radical (unpaired) electrons. The molecule has 0 aromatic heterocycles. The van der Waals surface area contributed by atoms with E-state index in [1.807, 2.05) is 0 Å². The Hall–Kier alpha value is 2.32. The van der Waals surface area contributed by atoms with Gasteiger partial charge in [-0.15, -0.1) is 0 Å². The van der Waals surface area contributed by atoms with Gasteiger partial charge in [-0.3, -0.25) is 0 Å². The van der Waals surface area contributed by atoms with Gasteiger partial charge >= 0.3 is 0 Å². The predicted molar refractivity (Wildman–Crippen MR) is 101 cm³/mol. The Morgan fingerprint density at radius 1 is 0.950 bits per heavy atom. The Bertz CT molecular complexity index is 548. The van der Waals surface area contributed by atoms with E-state index in [1.165, 1.54) is 12.1 Å². The molecule has 12 heteroatoms. The highest BCUT2D eigenvalue weighted by atomic mass is 80.0. The minimum atomic E-state index is -3.59. The molecule has 1 rings (SSSR count). The number of benzene rings is 1. The van der Waals surface area contributed by atoms with Crippen LogP contribution in [0.1, 0.15) is 0 Å². The maximum Gasteiger partial charge on any atom is 0.266 e. The highest BCUT2D eigenvalue weighted by molar-refractivity contribution is 9.42. The van der Waals surface area contributed by atoms with E-state index < -0.39 is 13.6 Å². The van der Waals surface area contributed by atoms with Gasteiger partial charge in [0.05, 0.1) is 16.9 Å². The molecule has 0 amide bonds. The molecule has 20 heavy (non-hydrogen) atoms. The molecule has 0 saturated carbocycles. The first-order valence-corrected chi connectivity index (χ1v) is 11.4. The Balaban J connectivity index is 2.76. The molecule has 0 unspecified atom stereocenters. The minimum Gasteiger partial charge on any atom is -0.220 e. The molecule has 0 spiro atoms. The van der Waals surface area contributed by atoms with E-state index in [1.54, 1.807) is 12.1 Å². The third-order valence-corrected chi connectivity index (χ3v) is 8.03. The van der Waals surface area contributed by atoms with Gasteiger partial charge in [0, 0.05) is 4.90 Å². The zero-order valence-corrected chi connectivity index (χ0v) is 20.2. The van der Waals surface area contributed by atoms with Gasteiger partial charge < -0.3 is 0 Å². The fourth-order valence-corrected chi connectivity index (χ4v) is 4.27. The molecule has 1 aromatic rings. The molecule has 0 bridgehead atoms. The van der Waals surface area contributed by atoms with Gasteiger partial charge in [0.15, 0.2) is 0 Å². The summed E-state index contributed by atoms with van der Waals surface area (Å²) in [5, 5.41) is 0. The van der Waals surface area contributed by atoms with E-state index in [4.69, 9.17) is 9.22 Å². The first-order chi connectivity index (χ1) is 8.93. The standard InChI is InChI=1S/C8H4Br6O4S2/c9-7(10,11)17-18-19-5-1-3-6(4-2-5)20(15,16)8(12,13)14/h1-4H. The Kier molecular flexibility index (Phi) is 8.07. The molecule has 0 heterocycles. The van der Waals surface area contributed by atoms with Crippen molar-refractivity contribution in [1.82, 2.24) is 0 Å². The van der Waals surface area contributed by atoms with Crippen molar-refractivity contribution in [2.45, 2.75) is 13.6 Å². The van der Waals surface area contributed by atoms with Crippen molar-refractivity contribution in [1.29, 1.82) is 0 Å². The minimum absolute atomic E-state index is 0.143. The van der Waals surface area contributed by atoms with Crippen LogP contribution in [0.3, 0.4) is 0 Å². The van der Waals surface area contributed by atoms with Crippen LogP contribution in [0, 0.1) is 0 Å². The lowest BCUT2D eigenvalue weighted by Gasteiger charge is -2.14. The van der Waals surface area contributed by atoms with Gasteiger partial charge in [-0.25, -0.2) is 8.42 Å². The van der Waals surface area contributed by atoms with Crippen molar-refractivity contribution in [3.8, 4) is 0 Å². The van der Waals surface area contributed by atoms with Crippen molar-refractivity contribution in [3.05, 3.63) is 24.3 Å². The summed E-state index contributed by atoms with van der Waals surface area (Å²) >= 11 is 19.2. The molecule has 0 aliphatic heterocycles. The SMILES string of the molecule is O=S(=O)(c1ccc(SOOC(Br)(Br)Br)cc1)C(Br)(Br)Br. The predicted octanol–water partition coefficient (Wildman–Crippen LogP) is 6.01. The topological polar surface area (TPSA) is 52.6 Å². The third kappa shape index (κ3) is 6.44. The first kappa shape index (κ1) is 20.4. The lowest BCUT2D eigenvalue weighted by Crippen LogP contribution is -2.17. The van der Waals surface area contributed by atoms with Gasteiger partial charge in [0.2, 0.25) is 11.3 Å². The van der Waals surface area contributed by atoms with Crippen molar-refractivity contribution < 1.29 is 17.6 Å². The van der Waals surface area contributed by atoms with Crippen LogP contribution in [0.2, 0.25) is 0 Å². The van der Waals surface area contributed by atoms with Crippen LogP contribution >= 0.6 is 108 Å². The number of halogens is 6. The second-order valence-corrected chi connectivity index (χ2v) is 20.8. The van der Waals surface area contributed by atoms with Crippen LogP contribution in [0.25, 0.3) is 0 Å². The largest absolute Gasteiger partial charge is 0.266 e. The molecule has 0 fully saturated rings. The normalized spacial score (nSPS) is 13.5. The van der Waals surface area contributed by atoms with E-state index >= 15 is 0 Å². The van der Waals surface area contributed by atoms with Gasteiger partial charge in [0.1, 0.15) is 0 Å². The summed E-state index contributed by atoms with van der Waals surface area (Å²) in [6, 6.07) is 6.11. The summed E-state index contributed by atoms with van der Waals surface area (Å²) in [5.41, 5.74) is 0. The molecular formula is C8H4Br6O4S2. The van der Waals surface area contributed by atoms with Gasteiger partial charge in [-0.05, 0) is 120 Å².